The molecule has 3 nitrogen and oxygen atoms in total. The molecule has 0 spiro atoms. The zero-order valence-electron chi connectivity index (χ0n) is 6.63. The highest BCUT2D eigenvalue weighted by molar-refractivity contribution is 5.45. The van der Waals surface area contributed by atoms with E-state index < -0.39 is 0 Å². The lowest BCUT2D eigenvalue weighted by atomic mass is 10.2. The van der Waals surface area contributed by atoms with Crippen LogP contribution in [0, 0.1) is 6.92 Å². The largest absolute Gasteiger partial charge is 0.504 e. The maximum atomic E-state index is 9.29. The van der Waals surface area contributed by atoms with Crippen LogP contribution in [0.2, 0.25) is 0 Å². The van der Waals surface area contributed by atoms with Gasteiger partial charge in [0.05, 0.1) is 5.69 Å². The minimum absolute atomic E-state index is 0. The van der Waals surface area contributed by atoms with Gasteiger partial charge in [-0.15, -0.1) is 0 Å². The van der Waals surface area contributed by atoms with E-state index in [1.165, 1.54) is 0 Å². The van der Waals surface area contributed by atoms with Crippen LogP contribution in [0.15, 0.2) is 6.20 Å². The van der Waals surface area contributed by atoms with E-state index in [4.69, 9.17) is 0 Å². The molecule has 0 aliphatic rings. The second-order valence-electron chi connectivity index (χ2n) is 2.42. The zero-order chi connectivity index (χ0) is 8.43. The second kappa shape index (κ2) is 3.95. The summed E-state index contributed by atoms with van der Waals surface area (Å²) in [5, 5.41) is 18.5. The number of aryl methyl sites for hydroxylation is 2. The first-order valence-corrected chi connectivity index (χ1v) is 3.53. The van der Waals surface area contributed by atoms with Gasteiger partial charge in [0.1, 0.15) is 0 Å². The Labute approximate surface area is 72.7 Å². The predicted molar refractivity (Wildman–Crippen MR) is 48.4 cm³/mol. The van der Waals surface area contributed by atoms with Crippen molar-refractivity contribution in [2.45, 2.75) is 27.7 Å². The van der Waals surface area contributed by atoms with Gasteiger partial charge in [0.25, 0.3) is 0 Å². The first-order chi connectivity index (χ1) is 5.16. The van der Waals surface area contributed by atoms with Crippen LogP contribution in [0.3, 0.4) is 0 Å². The molecule has 0 bridgehead atoms. The smallest absolute Gasteiger partial charge is 0.179 e. The van der Waals surface area contributed by atoms with Crippen molar-refractivity contribution in [3.63, 3.8) is 0 Å². The van der Waals surface area contributed by atoms with Crippen molar-refractivity contribution in [2.75, 3.05) is 0 Å². The third-order valence-electron chi connectivity index (χ3n) is 1.67. The van der Waals surface area contributed by atoms with Crippen LogP contribution in [0.5, 0.6) is 11.5 Å². The Hall–Kier alpha value is -1.25. The van der Waals surface area contributed by atoms with Crippen molar-refractivity contribution in [2.24, 2.45) is 0 Å². The first kappa shape index (κ1) is 10.8. The zero-order valence-corrected chi connectivity index (χ0v) is 6.63. The van der Waals surface area contributed by atoms with E-state index in [-0.39, 0.29) is 18.9 Å². The van der Waals surface area contributed by atoms with E-state index in [1.807, 2.05) is 6.92 Å². The van der Waals surface area contributed by atoms with Gasteiger partial charge in [-0.25, -0.2) is 0 Å². The molecule has 1 aromatic rings. The predicted octanol–water partition coefficient (Wildman–Crippen LogP) is 2.00. The molecule has 0 aliphatic heterocycles. The van der Waals surface area contributed by atoms with E-state index in [9.17, 15) is 10.2 Å². The fourth-order valence-electron chi connectivity index (χ4n) is 0.879. The van der Waals surface area contributed by atoms with Gasteiger partial charge in [0.15, 0.2) is 11.5 Å². The third-order valence-corrected chi connectivity index (χ3v) is 1.67. The van der Waals surface area contributed by atoms with E-state index in [2.05, 4.69) is 4.98 Å². The Morgan fingerprint density at radius 3 is 2.42 bits per heavy atom. The monoisotopic (exact) mass is 169 g/mol. The maximum Gasteiger partial charge on any atom is 0.179 e. The molecule has 0 unspecified atom stereocenters. The summed E-state index contributed by atoms with van der Waals surface area (Å²) in [5.41, 5.74) is 1.13. The Morgan fingerprint density at radius 2 is 1.92 bits per heavy atom. The quantitative estimate of drug-likeness (QED) is 0.676. The summed E-state index contributed by atoms with van der Waals surface area (Å²) in [6.07, 6.45) is 2.25. The van der Waals surface area contributed by atoms with Gasteiger partial charge in [0.2, 0.25) is 0 Å². The van der Waals surface area contributed by atoms with Gasteiger partial charge < -0.3 is 10.2 Å². The number of aromatic nitrogens is 1. The summed E-state index contributed by atoms with van der Waals surface area (Å²) in [6, 6.07) is 0. The molecule has 0 aromatic carbocycles. The number of hydrogen-bond acceptors (Lipinski definition) is 3. The Balaban J connectivity index is 0.00000121. The third kappa shape index (κ3) is 1.67. The van der Waals surface area contributed by atoms with Crippen LogP contribution in [-0.2, 0) is 6.42 Å². The van der Waals surface area contributed by atoms with Crippen LogP contribution < -0.4 is 0 Å². The number of pyridine rings is 1. The van der Waals surface area contributed by atoms with E-state index in [0.717, 1.165) is 0 Å². The average Bonchev–Trinajstić information content (AvgIpc) is 2.01. The fraction of sp³-hybridized carbons (Fsp3) is 0.444. The summed E-state index contributed by atoms with van der Waals surface area (Å²) in [4.78, 5) is 3.90. The maximum absolute atomic E-state index is 9.29. The number of nitrogens with zero attached hydrogens (tertiary/aromatic N) is 1. The van der Waals surface area contributed by atoms with Crippen molar-refractivity contribution in [3.05, 3.63) is 17.5 Å². The highest BCUT2D eigenvalue weighted by Gasteiger charge is 2.07. The Bertz CT molecular complexity index is 271. The van der Waals surface area contributed by atoms with Crippen LogP contribution in [0.1, 0.15) is 25.6 Å². The summed E-state index contributed by atoms with van der Waals surface area (Å²) in [7, 11) is 0. The molecule has 68 valence electrons. The summed E-state index contributed by atoms with van der Waals surface area (Å²) in [6.45, 7) is 3.54. The number of hydrogen-bond donors (Lipinski definition) is 2. The molecule has 1 aromatic heterocycles. The van der Waals surface area contributed by atoms with E-state index in [0.29, 0.717) is 17.7 Å². The van der Waals surface area contributed by atoms with Crippen molar-refractivity contribution >= 4 is 0 Å². The number of aromatic hydroxyl groups is 2. The SMILES string of the molecule is C.CCc1cnc(C)c(O)c1O. The van der Waals surface area contributed by atoms with Crippen LogP contribution in [0.25, 0.3) is 0 Å². The number of rotatable bonds is 1. The Morgan fingerprint density at radius 1 is 1.33 bits per heavy atom. The van der Waals surface area contributed by atoms with Crippen LogP contribution in [-0.4, -0.2) is 15.2 Å². The molecule has 0 fully saturated rings. The van der Waals surface area contributed by atoms with E-state index in [1.54, 1.807) is 13.1 Å². The molecule has 12 heavy (non-hydrogen) atoms. The van der Waals surface area contributed by atoms with Crippen molar-refractivity contribution in [3.8, 4) is 11.5 Å². The average molecular weight is 169 g/mol. The molecular formula is C9H15NO2. The van der Waals surface area contributed by atoms with Gasteiger partial charge in [-0.05, 0) is 13.3 Å². The van der Waals surface area contributed by atoms with Gasteiger partial charge in [-0.2, -0.15) is 0 Å². The van der Waals surface area contributed by atoms with Crippen molar-refractivity contribution in [1.29, 1.82) is 0 Å². The normalized spacial score (nSPS) is 9.17. The van der Waals surface area contributed by atoms with E-state index >= 15 is 0 Å². The molecule has 0 saturated carbocycles. The standard InChI is InChI=1S/C8H11NO2.CH4/c1-3-6-4-9-5(2)7(10)8(6)11;/h4,10H,3H2,1-2H3,(H,9,11);1H4. The molecule has 3 heteroatoms. The lowest BCUT2D eigenvalue weighted by Gasteiger charge is -2.04. The second-order valence-corrected chi connectivity index (χ2v) is 2.42. The minimum Gasteiger partial charge on any atom is -0.504 e. The van der Waals surface area contributed by atoms with Gasteiger partial charge in [-0.1, -0.05) is 14.4 Å². The molecule has 0 saturated heterocycles. The summed E-state index contributed by atoms with van der Waals surface area (Å²) < 4.78 is 0. The van der Waals surface area contributed by atoms with Crippen molar-refractivity contribution < 1.29 is 10.2 Å². The molecule has 1 heterocycles. The molecule has 0 amide bonds. The highest BCUT2D eigenvalue weighted by Crippen LogP contribution is 2.30. The van der Waals surface area contributed by atoms with Crippen LogP contribution in [0.4, 0.5) is 0 Å². The van der Waals surface area contributed by atoms with Crippen molar-refractivity contribution in [1.82, 2.24) is 4.98 Å². The molecule has 1 rings (SSSR count). The Kier molecular flexibility index (Phi) is 3.54. The summed E-state index contributed by atoms with van der Waals surface area (Å²) in [5.74, 6) is -0.149. The molecule has 0 radical (unpaired) electrons. The van der Waals surface area contributed by atoms with Crippen LogP contribution >= 0.6 is 0 Å². The molecule has 2 N–H and O–H groups in total. The molecular weight excluding hydrogens is 154 g/mol. The molecule has 0 aliphatic carbocycles. The minimum atomic E-state index is -0.107. The lowest BCUT2D eigenvalue weighted by Crippen LogP contribution is -1.88. The van der Waals surface area contributed by atoms with Gasteiger partial charge in [0, 0.05) is 11.8 Å². The fourth-order valence-corrected chi connectivity index (χ4v) is 0.879. The summed E-state index contributed by atoms with van der Waals surface area (Å²) >= 11 is 0. The highest BCUT2D eigenvalue weighted by atomic mass is 16.3. The lowest BCUT2D eigenvalue weighted by molar-refractivity contribution is 0.394. The topological polar surface area (TPSA) is 53.4 Å². The van der Waals surface area contributed by atoms with Gasteiger partial charge in [-0.3, -0.25) is 4.98 Å². The molecule has 0 atom stereocenters. The van der Waals surface area contributed by atoms with Gasteiger partial charge >= 0.3 is 0 Å². The first-order valence-electron chi connectivity index (χ1n) is 3.53.